The number of hydrogen-bond acceptors (Lipinski definition) is 4. The fourth-order valence-electron chi connectivity index (χ4n) is 3.25. The molecule has 23 heavy (non-hydrogen) atoms. The van der Waals surface area contributed by atoms with Crippen molar-refractivity contribution in [2.45, 2.75) is 45.1 Å². The zero-order valence-electron chi connectivity index (χ0n) is 13.4. The van der Waals surface area contributed by atoms with Gasteiger partial charge in [-0.05, 0) is 31.9 Å². The second kappa shape index (κ2) is 5.99. The molecule has 4 rings (SSSR count). The van der Waals surface area contributed by atoms with Crippen LogP contribution in [0.5, 0.6) is 0 Å². The van der Waals surface area contributed by atoms with Gasteiger partial charge in [-0.2, -0.15) is 10.1 Å². The summed E-state index contributed by atoms with van der Waals surface area (Å²) >= 11 is 0. The second-order valence-electron chi connectivity index (χ2n) is 6.34. The number of fused-ring (bicyclic) bond motifs is 1. The molecule has 1 aromatic carbocycles. The summed E-state index contributed by atoms with van der Waals surface area (Å²) in [6, 6.07) is 8.71. The average molecular weight is 307 g/mol. The predicted molar refractivity (Wildman–Crippen MR) is 91.9 cm³/mol. The summed E-state index contributed by atoms with van der Waals surface area (Å²) in [5.74, 6) is 0.624. The molecule has 2 heterocycles. The van der Waals surface area contributed by atoms with Gasteiger partial charge < -0.3 is 5.32 Å². The SMILES string of the molecule is Cc1ccc(Nc2ncc3cnn(C4CCCCC4)c3n2)cc1. The summed E-state index contributed by atoms with van der Waals surface area (Å²) in [5, 5.41) is 8.85. The number of benzene rings is 1. The Hall–Kier alpha value is -2.43. The van der Waals surface area contributed by atoms with E-state index in [0.29, 0.717) is 12.0 Å². The Labute approximate surface area is 135 Å². The largest absolute Gasteiger partial charge is 0.324 e. The second-order valence-corrected chi connectivity index (χ2v) is 6.34. The molecule has 0 bridgehead atoms. The first-order chi connectivity index (χ1) is 11.3. The number of hydrogen-bond donors (Lipinski definition) is 1. The fourth-order valence-corrected chi connectivity index (χ4v) is 3.25. The lowest BCUT2D eigenvalue weighted by Crippen LogP contribution is -2.14. The summed E-state index contributed by atoms with van der Waals surface area (Å²) in [6.45, 7) is 2.08. The quantitative estimate of drug-likeness (QED) is 0.780. The smallest absolute Gasteiger partial charge is 0.229 e. The molecule has 118 valence electrons. The highest BCUT2D eigenvalue weighted by Gasteiger charge is 2.19. The van der Waals surface area contributed by atoms with Crippen LogP contribution in [0, 0.1) is 6.92 Å². The van der Waals surface area contributed by atoms with E-state index in [2.05, 4.69) is 39.1 Å². The summed E-state index contributed by atoms with van der Waals surface area (Å²) in [4.78, 5) is 9.11. The van der Waals surface area contributed by atoms with Gasteiger partial charge in [-0.1, -0.05) is 37.0 Å². The minimum atomic E-state index is 0.475. The molecular weight excluding hydrogens is 286 g/mol. The van der Waals surface area contributed by atoms with Crippen LogP contribution in [0.15, 0.2) is 36.7 Å². The molecule has 0 saturated heterocycles. The van der Waals surface area contributed by atoms with Crippen LogP contribution in [0.2, 0.25) is 0 Å². The van der Waals surface area contributed by atoms with Crippen LogP contribution in [0.3, 0.4) is 0 Å². The molecule has 0 spiro atoms. The van der Waals surface area contributed by atoms with Crippen molar-refractivity contribution in [3.8, 4) is 0 Å². The van der Waals surface area contributed by atoms with Crippen molar-refractivity contribution in [1.29, 1.82) is 0 Å². The molecule has 1 aliphatic carbocycles. The molecule has 1 saturated carbocycles. The van der Waals surface area contributed by atoms with E-state index < -0.39 is 0 Å². The monoisotopic (exact) mass is 307 g/mol. The van der Waals surface area contributed by atoms with Crippen LogP contribution in [0.4, 0.5) is 11.6 Å². The van der Waals surface area contributed by atoms with Gasteiger partial charge in [0.1, 0.15) is 0 Å². The normalized spacial score (nSPS) is 15.9. The van der Waals surface area contributed by atoms with Crippen molar-refractivity contribution >= 4 is 22.7 Å². The molecule has 0 radical (unpaired) electrons. The topological polar surface area (TPSA) is 55.6 Å². The Bertz CT molecular complexity index is 800. The molecule has 2 aromatic heterocycles. The van der Waals surface area contributed by atoms with E-state index in [0.717, 1.165) is 16.7 Å². The molecule has 0 aliphatic heterocycles. The first-order valence-electron chi connectivity index (χ1n) is 8.33. The molecule has 0 unspecified atom stereocenters. The van der Waals surface area contributed by atoms with Crippen LogP contribution in [-0.4, -0.2) is 19.7 Å². The number of rotatable bonds is 3. The first-order valence-corrected chi connectivity index (χ1v) is 8.33. The van der Waals surface area contributed by atoms with Crippen LogP contribution >= 0.6 is 0 Å². The highest BCUT2D eigenvalue weighted by Crippen LogP contribution is 2.30. The maximum atomic E-state index is 4.71. The Morgan fingerprint density at radius 2 is 1.83 bits per heavy atom. The van der Waals surface area contributed by atoms with Crippen molar-refractivity contribution in [1.82, 2.24) is 19.7 Å². The van der Waals surface area contributed by atoms with E-state index in [4.69, 9.17) is 4.98 Å². The lowest BCUT2D eigenvalue weighted by molar-refractivity contribution is 0.336. The van der Waals surface area contributed by atoms with Crippen LogP contribution in [0.1, 0.15) is 43.7 Å². The van der Waals surface area contributed by atoms with E-state index in [-0.39, 0.29) is 0 Å². The third-order valence-electron chi connectivity index (χ3n) is 4.56. The van der Waals surface area contributed by atoms with Crippen molar-refractivity contribution in [2.24, 2.45) is 0 Å². The van der Waals surface area contributed by atoms with Crippen molar-refractivity contribution in [3.05, 3.63) is 42.2 Å². The Morgan fingerprint density at radius 3 is 2.61 bits per heavy atom. The van der Waals surface area contributed by atoms with Gasteiger partial charge in [0.25, 0.3) is 0 Å². The first kappa shape index (κ1) is 14.2. The Kier molecular flexibility index (Phi) is 3.69. The van der Waals surface area contributed by atoms with E-state index >= 15 is 0 Å². The summed E-state index contributed by atoms with van der Waals surface area (Å²) < 4.78 is 2.09. The molecule has 1 aliphatic rings. The molecule has 5 heteroatoms. The van der Waals surface area contributed by atoms with Crippen LogP contribution in [0.25, 0.3) is 11.0 Å². The lowest BCUT2D eigenvalue weighted by atomic mass is 9.96. The van der Waals surface area contributed by atoms with Gasteiger partial charge in [-0.15, -0.1) is 0 Å². The molecule has 0 atom stereocenters. The number of nitrogens with zero attached hydrogens (tertiary/aromatic N) is 4. The predicted octanol–water partition coefficient (Wildman–Crippen LogP) is 4.38. The maximum absolute atomic E-state index is 4.71. The summed E-state index contributed by atoms with van der Waals surface area (Å²) in [6.07, 6.45) is 10.0. The molecule has 0 amide bonds. The number of anilines is 2. The minimum absolute atomic E-state index is 0.475. The molecule has 1 N–H and O–H groups in total. The Balaban J connectivity index is 1.64. The van der Waals surface area contributed by atoms with Crippen molar-refractivity contribution in [3.63, 3.8) is 0 Å². The summed E-state index contributed by atoms with van der Waals surface area (Å²) in [5.41, 5.74) is 3.17. The maximum Gasteiger partial charge on any atom is 0.229 e. The molecule has 5 nitrogen and oxygen atoms in total. The van der Waals surface area contributed by atoms with Gasteiger partial charge in [0.2, 0.25) is 5.95 Å². The number of aromatic nitrogens is 4. The van der Waals surface area contributed by atoms with Gasteiger partial charge in [0.15, 0.2) is 5.65 Å². The van der Waals surface area contributed by atoms with Gasteiger partial charge in [0, 0.05) is 11.9 Å². The molecule has 3 aromatic rings. The van der Waals surface area contributed by atoms with Gasteiger partial charge in [-0.25, -0.2) is 9.67 Å². The fraction of sp³-hybridized carbons (Fsp3) is 0.389. The molecular formula is C18H21N5. The zero-order chi connectivity index (χ0) is 15.6. The van der Waals surface area contributed by atoms with Crippen LogP contribution < -0.4 is 5.32 Å². The number of nitrogens with one attached hydrogen (secondary N) is 1. The zero-order valence-corrected chi connectivity index (χ0v) is 13.4. The van der Waals surface area contributed by atoms with E-state index in [1.807, 2.05) is 24.5 Å². The lowest BCUT2D eigenvalue weighted by Gasteiger charge is -2.22. The summed E-state index contributed by atoms with van der Waals surface area (Å²) in [7, 11) is 0. The Morgan fingerprint density at radius 1 is 1.04 bits per heavy atom. The highest BCUT2D eigenvalue weighted by molar-refractivity contribution is 5.75. The third-order valence-corrected chi connectivity index (χ3v) is 4.56. The van der Waals surface area contributed by atoms with Gasteiger partial charge in [-0.3, -0.25) is 0 Å². The van der Waals surface area contributed by atoms with E-state index in [1.54, 1.807) is 0 Å². The van der Waals surface area contributed by atoms with Crippen LogP contribution in [-0.2, 0) is 0 Å². The molecule has 1 fully saturated rings. The van der Waals surface area contributed by atoms with E-state index in [1.165, 1.54) is 37.7 Å². The van der Waals surface area contributed by atoms with Gasteiger partial charge >= 0.3 is 0 Å². The minimum Gasteiger partial charge on any atom is -0.324 e. The van der Waals surface area contributed by atoms with Crippen molar-refractivity contribution in [2.75, 3.05) is 5.32 Å². The average Bonchev–Trinajstić information content (AvgIpc) is 3.01. The van der Waals surface area contributed by atoms with E-state index in [9.17, 15) is 0 Å². The highest BCUT2D eigenvalue weighted by atomic mass is 15.3. The third kappa shape index (κ3) is 2.91. The van der Waals surface area contributed by atoms with Gasteiger partial charge in [0.05, 0.1) is 17.6 Å². The standard InChI is InChI=1S/C18H21N5/c1-13-7-9-15(10-8-13)21-18-19-11-14-12-20-23(17(14)22-18)16-5-3-2-4-6-16/h7-12,16H,2-6H2,1H3,(H,19,21,22). The number of aryl methyl sites for hydroxylation is 1. The van der Waals surface area contributed by atoms with Crippen molar-refractivity contribution < 1.29 is 0 Å².